The molecule has 0 atom stereocenters. The minimum Gasteiger partial charge on any atom is -0.508 e. The van der Waals surface area contributed by atoms with Crippen LogP contribution >= 0.6 is 0 Å². The maximum atomic E-state index is 11.7. The number of phenolic OH excluding ortho intramolecular Hbond substituents is 1. The van der Waals surface area contributed by atoms with Gasteiger partial charge in [0.15, 0.2) is 0 Å². The minimum absolute atomic E-state index is 0.346. The topological polar surface area (TPSA) is 37.3 Å². The molecule has 4 rings (SSSR count). The molecule has 28 heavy (non-hydrogen) atoms. The summed E-state index contributed by atoms with van der Waals surface area (Å²) in [4.78, 5) is 11.7. The molecule has 0 saturated heterocycles. The number of carbonyl (C=O) groups is 1. The Kier molecular flexibility index (Phi) is 5.21. The zero-order valence-corrected chi connectivity index (χ0v) is 16.8. The Bertz CT molecular complexity index is 976. The standard InChI is InChI=1S/C26H28O2/c1-17(2)3-4-18-5-6-24(16-26(18)28)21-8-7-19(13-21)20-9-10-23-15-25(27)12-11-22(23)14-20/h5-7,9-10,13-14,16-17,28H,3-4,8,11-12,15H2,1-2H3. The molecule has 0 unspecified atom stereocenters. The molecule has 144 valence electrons. The van der Waals surface area contributed by atoms with Gasteiger partial charge in [0.05, 0.1) is 0 Å². The number of Topliss-reactive ketones (excluding diaryl/α,β-unsaturated/α-hetero) is 1. The van der Waals surface area contributed by atoms with Crippen LogP contribution in [0.15, 0.2) is 48.6 Å². The van der Waals surface area contributed by atoms with Gasteiger partial charge in [-0.1, -0.05) is 56.3 Å². The molecule has 0 amide bonds. The van der Waals surface area contributed by atoms with Crippen molar-refractivity contribution in [2.24, 2.45) is 5.92 Å². The molecule has 2 aromatic carbocycles. The lowest BCUT2D eigenvalue weighted by atomic mass is 9.88. The fraction of sp³-hybridized carbons (Fsp3) is 0.346. The highest BCUT2D eigenvalue weighted by Crippen LogP contribution is 2.35. The molecule has 0 spiro atoms. The number of allylic oxidation sites excluding steroid dienone is 4. The van der Waals surface area contributed by atoms with Crippen LogP contribution in [0, 0.1) is 5.92 Å². The van der Waals surface area contributed by atoms with Crippen LogP contribution in [0.3, 0.4) is 0 Å². The number of hydrogen-bond acceptors (Lipinski definition) is 2. The third-order valence-electron chi connectivity index (χ3n) is 5.92. The SMILES string of the molecule is CC(C)CCc1ccc(C2=CC(c3ccc4c(c3)CCC(=O)C4)=CC2)cc1O. The largest absolute Gasteiger partial charge is 0.508 e. The summed E-state index contributed by atoms with van der Waals surface area (Å²) in [6.07, 6.45) is 9.49. The molecular weight excluding hydrogens is 344 g/mol. The molecule has 0 fully saturated rings. The van der Waals surface area contributed by atoms with E-state index in [-0.39, 0.29) is 0 Å². The molecule has 0 heterocycles. The van der Waals surface area contributed by atoms with Crippen molar-refractivity contribution >= 4 is 16.9 Å². The molecule has 0 aromatic heterocycles. The van der Waals surface area contributed by atoms with E-state index in [1.165, 1.54) is 27.8 Å². The number of benzene rings is 2. The summed E-state index contributed by atoms with van der Waals surface area (Å²) in [7, 11) is 0. The van der Waals surface area contributed by atoms with Crippen molar-refractivity contribution in [3.05, 3.63) is 76.4 Å². The summed E-state index contributed by atoms with van der Waals surface area (Å²) >= 11 is 0. The fourth-order valence-electron chi connectivity index (χ4n) is 4.13. The van der Waals surface area contributed by atoms with Crippen molar-refractivity contribution in [1.82, 2.24) is 0 Å². The molecule has 2 aliphatic carbocycles. The van der Waals surface area contributed by atoms with Crippen molar-refractivity contribution in [3.63, 3.8) is 0 Å². The number of aromatic hydroxyl groups is 1. The summed E-state index contributed by atoms with van der Waals surface area (Å²) < 4.78 is 0. The number of carbonyl (C=O) groups excluding carboxylic acids is 1. The normalized spacial score (nSPS) is 16.2. The van der Waals surface area contributed by atoms with Crippen molar-refractivity contribution in [2.45, 2.75) is 52.4 Å². The number of rotatable bonds is 5. The molecule has 2 heteroatoms. The molecule has 1 N–H and O–H groups in total. The molecule has 0 aliphatic heterocycles. The number of ketones is 1. The third-order valence-corrected chi connectivity index (χ3v) is 5.92. The summed E-state index contributed by atoms with van der Waals surface area (Å²) in [6.45, 7) is 4.42. The highest BCUT2D eigenvalue weighted by molar-refractivity contribution is 5.90. The predicted octanol–water partition coefficient (Wildman–Crippen LogP) is 5.91. The first-order valence-electron chi connectivity index (χ1n) is 10.4. The van der Waals surface area contributed by atoms with Crippen LogP contribution in [-0.4, -0.2) is 10.9 Å². The van der Waals surface area contributed by atoms with Gasteiger partial charge >= 0.3 is 0 Å². The molecular formula is C26H28O2. The Balaban J connectivity index is 1.52. The summed E-state index contributed by atoms with van der Waals surface area (Å²) in [5, 5.41) is 10.4. The smallest absolute Gasteiger partial charge is 0.137 e. The molecule has 2 aliphatic rings. The average molecular weight is 373 g/mol. The van der Waals surface area contributed by atoms with Gasteiger partial charge in [-0.25, -0.2) is 0 Å². The van der Waals surface area contributed by atoms with Crippen LogP contribution in [-0.2, 0) is 24.1 Å². The Morgan fingerprint density at radius 2 is 1.82 bits per heavy atom. The zero-order chi connectivity index (χ0) is 19.7. The fourth-order valence-corrected chi connectivity index (χ4v) is 4.13. The maximum Gasteiger partial charge on any atom is 0.137 e. The van der Waals surface area contributed by atoms with Crippen LogP contribution in [0.25, 0.3) is 11.1 Å². The van der Waals surface area contributed by atoms with Crippen LogP contribution in [0.4, 0.5) is 0 Å². The minimum atomic E-state index is 0.346. The lowest BCUT2D eigenvalue weighted by Gasteiger charge is -2.16. The van der Waals surface area contributed by atoms with Gasteiger partial charge in [-0.15, -0.1) is 0 Å². The average Bonchev–Trinajstić information content (AvgIpc) is 3.16. The van der Waals surface area contributed by atoms with E-state index in [0.717, 1.165) is 36.8 Å². The second-order valence-electron chi connectivity index (χ2n) is 8.51. The van der Waals surface area contributed by atoms with E-state index in [1.807, 2.05) is 6.07 Å². The van der Waals surface area contributed by atoms with E-state index >= 15 is 0 Å². The van der Waals surface area contributed by atoms with E-state index in [1.54, 1.807) is 0 Å². The molecule has 2 nitrogen and oxygen atoms in total. The summed E-state index contributed by atoms with van der Waals surface area (Å²) in [6, 6.07) is 12.6. The van der Waals surface area contributed by atoms with Gasteiger partial charge < -0.3 is 5.11 Å². The Morgan fingerprint density at radius 1 is 1.00 bits per heavy atom. The third kappa shape index (κ3) is 3.96. The molecule has 0 bridgehead atoms. The maximum absolute atomic E-state index is 11.7. The van der Waals surface area contributed by atoms with Gasteiger partial charge in [0.25, 0.3) is 0 Å². The predicted molar refractivity (Wildman–Crippen MR) is 115 cm³/mol. The first-order valence-corrected chi connectivity index (χ1v) is 10.4. The lowest BCUT2D eigenvalue weighted by Crippen LogP contribution is -2.13. The van der Waals surface area contributed by atoms with E-state index < -0.39 is 0 Å². The lowest BCUT2D eigenvalue weighted by molar-refractivity contribution is -0.118. The van der Waals surface area contributed by atoms with Crippen molar-refractivity contribution < 1.29 is 9.90 Å². The van der Waals surface area contributed by atoms with Gasteiger partial charge in [0.1, 0.15) is 11.5 Å². The van der Waals surface area contributed by atoms with E-state index in [4.69, 9.17) is 0 Å². The molecule has 2 aromatic rings. The van der Waals surface area contributed by atoms with Crippen LogP contribution in [0.1, 0.15) is 60.9 Å². The second kappa shape index (κ2) is 7.79. The Hall–Kier alpha value is -2.61. The van der Waals surface area contributed by atoms with Crippen molar-refractivity contribution in [3.8, 4) is 5.75 Å². The Morgan fingerprint density at radius 3 is 2.61 bits per heavy atom. The molecule has 0 saturated carbocycles. The quantitative estimate of drug-likeness (QED) is 0.708. The van der Waals surface area contributed by atoms with Gasteiger partial charge in [0, 0.05) is 12.8 Å². The second-order valence-corrected chi connectivity index (χ2v) is 8.51. The van der Waals surface area contributed by atoms with Crippen molar-refractivity contribution in [2.75, 3.05) is 0 Å². The van der Waals surface area contributed by atoms with Gasteiger partial charge in [-0.3, -0.25) is 4.79 Å². The molecule has 0 radical (unpaired) electrons. The van der Waals surface area contributed by atoms with Gasteiger partial charge in [0.2, 0.25) is 0 Å². The van der Waals surface area contributed by atoms with E-state index in [0.29, 0.717) is 30.3 Å². The monoisotopic (exact) mass is 372 g/mol. The highest BCUT2D eigenvalue weighted by atomic mass is 16.3. The summed E-state index contributed by atoms with van der Waals surface area (Å²) in [5.74, 6) is 1.39. The van der Waals surface area contributed by atoms with E-state index in [2.05, 4.69) is 56.3 Å². The zero-order valence-electron chi connectivity index (χ0n) is 16.8. The Labute approximate surface area is 167 Å². The first-order chi connectivity index (χ1) is 13.5. The first kappa shape index (κ1) is 18.7. The van der Waals surface area contributed by atoms with Crippen LogP contribution < -0.4 is 0 Å². The number of fused-ring (bicyclic) bond motifs is 1. The van der Waals surface area contributed by atoms with Gasteiger partial charge in [-0.05, 0) is 76.6 Å². The number of phenols is 1. The highest BCUT2D eigenvalue weighted by Gasteiger charge is 2.18. The van der Waals surface area contributed by atoms with Gasteiger partial charge in [-0.2, -0.15) is 0 Å². The van der Waals surface area contributed by atoms with Crippen molar-refractivity contribution in [1.29, 1.82) is 0 Å². The number of aryl methyl sites for hydroxylation is 2. The van der Waals surface area contributed by atoms with E-state index in [9.17, 15) is 9.90 Å². The van der Waals surface area contributed by atoms with Crippen LogP contribution in [0.5, 0.6) is 5.75 Å². The summed E-state index contributed by atoms with van der Waals surface area (Å²) in [5.41, 5.74) is 8.33. The number of hydrogen-bond donors (Lipinski definition) is 1. The van der Waals surface area contributed by atoms with Crippen LogP contribution in [0.2, 0.25) is 0 Å².